The Labute approximate surface area is 212 Å². The standard InChI is InChI=1S/C27H36N2O7/c1-33-14-15-34-16-17-35-18-19-36-24-12-13-28(21-24)26(30)25(23-10-6-3-7-11-23)29(27(31)32)20-22-8-4-2-5-9-22/h2-11,24-25H,12-21H2,1H3,(H,31,32)/t24?,25-/m0/s1. The Morgan fingerprint density at radius 3 is 2.19 bits per heavy atom. The first-order chi connectivity index (χ1) is 17.6. The summed E-state index contributed by atoms with van der Waals surface area (Å²) in [5, 5.41) is 10.1. The van der Waals surface area contributed by atoms with E-state index in [0.29, 0.717) is 64.7 Å². The van der Waals surface area contributed by atoms with Crippen molar-refractivity contribution in [2.75, 3.05) is 59.8 Å². The van der Waals surface area contributed by atoms with E-state index in [2.05, 4.69) is 0 Å². The van der Waals surface area contributed by atoms with E-state index >= 15 is 0 Å². The van der Waals surface area contributed by atoms with Gasteiger partial charge in [-0.3, -0.25) is 9.69 Å². The summed E-state index contributed by atoms with van der Waals surface area (Å²) in [4.78, 5) is 28.9. The molecule has 9 heteroatoms. The molecule has 1 heterocycles. The first kappa shape index (κ1) is 27.6. The molecule has 1 aliphatic heterocycles. The zero-order chi connectivity index (χ0) is 25.6. The van der Waals surface area contributed by atoms with Gasteiger partial charge < -0.3 is 29.0 Å². The molecule has 196 valence electrons. The lowest BCUT2D eigenvalue weighted by molar-refractivity contribution is -0.136. The lowest BCUT2D eigenvalue weighted by atomic mass is 10.0. The van der Waals surface area contributed by atoms with E-state index in [0.717, 1.165) is 5.56 Å². The molecule has 0 aromatic heterocycles. The predicted octanol–water partition coefficient (Wildman–Crippen LogP) is 3.21. The molecular formula is C27H36N2O7. The molecule has 2 aromatic carbocycles. The number of ether oxygens (including phenoxy) is 4. The number of carbonyl (C=O) groups excluding carboxylic acids is 1. The normalized spacial score (nSPS) is 16.1. The zero-order valence-corrected chi connectivity index (χ0v) is 20.8. The van der Waals surface area contributed by atoms with Crippen molar-refractivity contribution < 1.29 is 33.6 Å². The summed E-state index contributed by atoms with van der Waals surface area (Å²) in [6, 6.07) is 17.4. The van der Waals surface area contributed by atoms with Crippen molar-refractivity contribution in [1.82, 2.24) is 9.80 Å². The minimum Gasteiger partial charge on any atom is -0.465 e. The van der Waals surface area contributed by atoms with E-state index < -0.39 is 12.1 Å². The number of carbonyl (C=O) groups is 2. The molecule has 1 aliphatic rings. The van der Waals surface area contributed by atoms with Crippen LogP contribution < -0.4 is 0 Å². The summed E-state index contributed by atoms with van der Waals surface area (Å²) in [5.41, 5.74) is 1.46. The second-order valence-corrected chi connectivity index (χ2v) is 8.49. The van der Waals surface area contributed by atoms with Crippen molar-refractivity contribution in [3.8, 4) is 0 Å². The van der Waals surface area contributed by atoms with Crippen molar-refractivity contribution in [3.63, 3.8) is 0 Å². The van der Waals surface area contributed by atoms with Crippen molar-refractivity contribution >= 4 is 12.0 Å². The summed E-state index contributed by atoms with van der Waals surface area (Å²) < 4.78 is 21.7. The maximum atomic E-state index is 13.7. The number of hydrogen-bond donors (Lipinski definition) is 1. The largest absolute Gasteiger partial charge is 0.465 e. The fraction of sp³-hybridized carbons (Fsp3) is 0.481. The van der Waals surface area contributed by atoms with Gasteiger partial charge in [-0.2, -0.15) is 0 Å². The van der Waals surface area contributed by atoms with Crippen LogP contribution >= 0.6 is 0 Å². The Kier molecular flexibility index (Phi) is 11.7. The van der Waals surface area contributed by atoms with Gasteiger partial charge in [-0.25, -0.2) is 4.79 Å². The van der Waals surface area contributed by atoms with Crippen molar-refractivity contribution in [1.29, 1.82) is 0 Å². The fourth-order valence-electron chi connectivity index (χ4n) is 4.12. The van der Waals surface area contributed by atoms with Crippen molar-refractivity contribution in [2.24, 2.45) is 0 Å². The highest BCUT2D eigenvalue weighted by Crippen LogP contribution is 2.28. The van der Waals surface area contributed by atoms with Gasteiger partial charge in [0.1, 0.15) is 6.04 Å². The Balaban J connectivity index is 1.55. The van der Waals surface area contributed by atoms with Crippen molar-refractivity contribution in [3.05, 3.63) is 71.8 Å². The van der Waals surface area contributed by atoms with Gasteiger partial charge in [0, 0.05) is 20.2 Å². The SMILES string of the molecule is COCCOCCOCCOC1CCN(C(=O)[C@H](c2ccccc2)N(Cc2ccccc2)C(=O)O)C1. The van der Waals surface area contributed by atoms with Crippen LogP contribution in [0, 0.1) is 0 Å². The first-order valence-electron chi connectivity index (χ1n) is 12.2. The second-order valence-electron chi connectivity index (χ2n) is 8.49. The average molecular weight is 501 g/mol. The average Bonchev–Trinajstić information content (AvgIpc) is 3.37. The zero-order valence-electron chi connectivity index (χ0n) is 20.8. The molecule has 1 N–H and O–H groups in total. The van der Waals surface area contributed by atoms with Crippen LogP contribution in [0.15, 0.2) is 60.7 Å². The monoisotopic (exact) mass is 500 g/mol. The van der Waals surface area contributed by atoms with E-state index in [9.17, 15) is 14.7 Å². The quantitative estimate of drug-likeness (QED) is 0.375. The highest BCUT2D eigenvalue weighted by molar-refractivity contribution is 5.87. The maximum absolute atomic E-state index is 13.7. The smallest absolute Gasteiger partial charge is 0.408 e. The minimum atomic E-state index is -1.14. The number of amides is 2. The summed E-state index contributed by atoms with van der Waals surface area (Å²) in [6.07, 6.45) is -0.560. The molecule has 3 rings (SSSR count). The highest BCUT2D eigenvalue weighted by Gasteiger charge is 2.37. The second kappa shape index (κ2) is 15.2. The highest BCUT2D eigenvalue weighted by atomic mass is 16.6. The van der Waals surface area contributed by atoms with Gasteiger partial charge in [0.05, 0.1) is 52.3 Å². The Morgan fingerprint density at radius 1 is 0.944 bits per heavy atom. The molecule has 2 amide bonds. The summed E-state index contributed by atoms with van der Waals surface area (Å²) in [5.74, 6) is -0.241. The topological polar surface area (TPSA) is 97.8 Å². The molecular weight excluding hydrogens is 464 g/mol. The lowest BCUT2D eigenvalue weighted by Gasteiger charge is -2.32. The summed E-state index contributed by atoms with van der Waals surface area (Å²) in [6.45, 7) is 3.98. The molecule has 9 nitrogen and oxygen atoms in total. The van der Waals surface area contributed by atoms with E-state index in [-0.39, 0.29) is 18.6 Å². The van der Waals surface area contributed by atoms with Crippen LogP contribution in [0.2, 0.25) is 0 Å². The van der Waals surface area contributed by atoms with E-state index in [1.165, 1.54) is 4.90 Å². The van der Waals surface area contributed by atoms with Gasteiger partial charge in [-0.15, -0.1) is 0 Å². The van der Waals surface area contributed by atoms with E-state index in [4.69, 9.17) is 18.9 Å². The Hall–Kier alpha value is -2.98. The molecule has 2 atom stereocenters. The predicted molar refractivity (Wildman–Crippen MR) is 134 cm³/mol. The number of nitrogens with zero attached hydrogens (tertiary/aromatic N) is 2. The van der Waals surface area contributed by atoms with Crippen LogP contribution in [0.4, 0.5) is 4.79 Å². The third-order valence-electron chi connectivity index (χ3n) is 5.94. The number of benzene rings is 2. The van der Waals surface area contributed by atoms with Crippen LogP contribution in [-0.2, 0) is 30.3 Å². The molecule has 36 heavy (non-hydrogen) atoms. The van der Waals surface area contributed by atoms with Gasteiger partial charge in [-0.1, -0.05) is 60.7 Å². The van der Waals surface area contributed by atoms with Gasteiger partial charge in [0.2, 0.25) is 5.91 Å². The number of likely N-dealkylation sites (tertiary alicyclic amines) is 1. The molecule has 0 saturated carbocycles. The fourth-order valence-corrected chi connectivity index (χ4v) is 4.12. The van der Waals surface area contributed by atoms with Crippen molar-refractivity contribution in [2.45, 2.75) is 25.1 Å². The third kappa shape index (κ3) is 8.60. The van der Waals surface area contributed by atoms with Gasteiger partial charge in [0.15, 0.2) is 0 Å². The van der Waals surface area contributed by atoms with Gasteiger partial charge >= 0.3 is 6.09 Å². The van der Waals surface area contributed by atoms with E-state index in [1.807, 2.05) is 48.5 Å². The molecule has 0 spiro atoms. The Bertz CT molecular complexity index is 913. The summed E-state index contributed by atoms with van der Waals surface area (Å²) in [7, 11) is 1.63. The van der Waals surface area contributed by atoms with E-state index in [1.54, 1.807) is 24.1 Å². The number of methoxy groups -OCH3 is 1. The lowest BCUT2D eigenvalue weighted by Crippen LogP contribution is -2.44. The van der Waals surface area contributed by atoms with Crippen LogP contribution in [0.1, 0.15) is 23.6 Å². The number of hydrogen-bond acceptors (Lipinski definition) is 6. The van der Waals surface area contributed by atoms with Gasteiger partial charge in [0.25, 0.3) is 0 Å². The minimum absolute atomic E-state index is 0.112. The molecule has 1 unspecified atom stereocenters. The number of rotatable bonds is 15. The van der Waals surface area contributed by atoms with Crippen LogP contribution in [0.25, 0.3) is 0 Å². The third-order valence-corrected chi connectivity index (χ3v) is 5.94. The van der Waals surface area contributed by atoms with Crippen LogP contribution in [0.5, 0.6) is 0 Å². The van der Waals surface area contributed by atoms with Crippen LogP contribution in [0.3, 0.4) is 0 Å². The first-order valence-corrected chi connectivity index (χ1v) is 12.2. The van der Waals surface area contributed by atoms with Gasteiger partial charge in [-0.05, 0) is 17.5 Å². The molecule has 0 radical (unpaired) electrons. The summed E-state index contributed by atoms with van der Waals surface area (Å²) >= 11 is 0. The molecule has 2 aromatic rings. The molecule has 0 bridgehead atoms. The molecule has 1 fully saturated rings. The maximum Gasteiger partial charge on any atom is 0.408 e. The number of carboxylic acid groups (broad SMARTS) is 1. The molecule has 1 saturated heterocycles. The Morgan fingerprint density at radius 2 is 1.56 bits per heavy atom. The molecule has 0 aliphatic carbocycles. The van der Waals surface area contributed by atoms with Crippen LogP contribution in [-0.4, -0.2) is 92.9 Å².